The van der Waals surface area contributed by atoms with E-state index < -0.39 is 10.8 Å². The molecule has 0 aliphatic heterocycles. The van der Waals surface area contributed by atoms with Gasteiger partial charge in [0.2, 0.25) is 0 Å². The van der Waals surface area contributed by atoms with Gasteiger partial charge in [-0.2, -0.15) is 0 Å². The predicted molar refractivity (Wildman–Crippen MR) is 79.0 cm³/mol. The molecule has 0 saturated heterocycles. The van der Waals surface area contributed by atoms with Crippen molar-refractivity contribution in [2.24, 2.45) is 10.9 Å². The van der Waals surface area contributed by atoms with Gasteiger partial charge in [0, 0.05) is 16.0 Å². The van der Waals surface area contributed by atoms with Gasteiger partial charge < -0.3 is 10.9 Å². The average molecular weight is 325 g/mol. The van der Waals surface area contributed by atoms with Gasteiger partial charge in [0.15, 0.2) is 11.5 Å². The van der Waals surface area contributed by atoms with E-state index in [0.29, 0.717) is 10.0 Å². The molecule has 0 spiro atoms. The zero-order chi connectivity index (χ0) is 15.4. The zero-order valence-corrected chi connectivity index (χ0v) is 12.0. The highest BCUT2D eigenvalue weighted by Crippen LogP contribution is 2.30. The molecule has 0 radical (unpaired) electrons. The number of oxime groups is 1. The fourth-order valence-corrected chi connectivity index (χ4v) is 2.63. The van der Waals surface area contributed by atoms with Gasteiger partial charge >= 0.3 is 0 Å². The highest BCUT2D eigenvalue weighted by atomic mass is 35.5. The Morgan fingerprint density at radius 3 is 2.81 bits per heavy atom. The van der Waals surface area contributed by atoms with Crippen LogP contribution < -0.4 is 5.73 Å². The van der Waals surface area contributed by atoms with Crippen molar-refractivity contribution >= 4 is 34.9 Å². The Labute approximate surface area is 128 Å². The Morgan fingerprint density at radius 2 is 2.19 bits per heavy atom. The summed E-state index contributed by atoms with van der Waals surface area (Å²) in [5.41, 5.74) is 4.90. The first kappa shape index (κ1) is 15.1. The number of rotatable bonds is 4. The summed E-state index contributed by atoms with van der Waals surface area (Å²) in [7, 11) is 0. The summed E-state index contributed by atoms with van der Waals surface area (Å²) in [6.45, 7) is 0. The molecular formula is C12H9ClN4O3S. The minimum atomic E-state index is -0.645. The Hall–Kier alpha value is -2.32. The minimum Gasteiger partial charge on any atom is -0.409 e. The van der Waals surface area contributed by atoms with E-state index >= 15 is 0 Å². The van der Waals surface area contributed by atoms with Gasteiger partial charge in [-0.15, -0.1) is 0 Å². The molecule has 1 aromatic carbocycles. The molecule has 7 nitrogen and oxygen atoms in total. The van der Waals surface area contributed by atoms with Crippen LogP contribution in [0.2, 0.25) is 5.02 Å². The smallest absolute Gasteiger partial charge is 0.298 e. The fourth-order valence-electron chi connectivity index (χ4n) is 1.53. The monoisotopic (exact) mass is 324 g/mol. The quantitative estimate of drug-likeness (QED) is 0.294. The lowest BCUT2D eigenvalue weighted by atomic mass is 10.3. The van der Waals surface area contributed by atoms with Gasteiger partial charge in [-0.25, -0.2) is 4.98 Å². The lowest BCUT2D eigenvalue weighted by Gasteiger charge is -2.04. The van der Waals surface area contributed by atoms with Crippen LogP contribution in [0.3, 0.4) is 0 Å². The van der Waals surface area contributed by atoms with E-state index in [-0.39, 0.29) is 11.4 Å². The normalized spacial score (nSPS) is 11.4. The first-order chi connectivity index (χ1) is 10.0. The molecule has 108 valence electrons. The van der Waals surface area contributed by atoms with Gasteiger partial charge in [-0.3, -0.25) is 10.1 Å². The van der Waals surface area contributed by atoms with E-state index in [0.717, 1.165) is 4.90 Å². The van der Waals surface area contributed by atoms with Crippen molar-refractivity contribution in [3.63, 3.8) is 0 Å². The zero-order valence-electron chi connectivity index (χ0n) is 10.4. The number of nitrogens with two attached hydrogens (primary N) is 1. The maximum absolute atomic E-state index is 10.9. The third-order valence-electron chi connectivity index (χ3n) is 2.41. The van der Waals surface area contributed by atoms with Crippen LogP contribution in [-0.4, -0.2) is 21.0 Å². The highest BCUT2D eigenvalue weighted by molar-refractivity contribution is 7.99. The first-order valence-electron chi connectivity index (χ1n) is 5.58. The maximum Gasteiger partial charge on any atom is 0.298 e. The molecule has 0 amide bonds. The number of amidine groups is 1. The van der Waals surface area contributed by atoms with Crippen molar-refractivity contribution in [3.8, 4) is 0 Å². The maximum atomic E-state index is 10.9. The number of nitro groups is 1. The van der Waals surface area contributed by atoms with Gasteiger partial charge in [-0.1, -0.05) is 34.6 Å². The minimum absolute atomic E-state index is 0.186. The molecule has 2 aromatic rings. The second-order valence-corrected chi connectivity index (χ2v) is 5.35. The number of aromatic nitrogens is 1. The molecule has 21 heavy (non-hydrogen) atoms. The van der Waals surface area contributed by atoms with E-state index in [1.807, 2.05) is 6.07 Å². The molecule has 1 heterocycles. The number of benzene rings is 1. The Bertz CT molecular complexity index is 723. The van der Waals surface area contributed by atoms with Crippen molar-refractivity contribution < 1.29 is 10.1 Å². The van der Waals surface area contributed by atoms with Crippen LogP contribution in [0.25, 0.3) is 0 Å². The number of hydrogen-bond donors (Lipinski definition) is 2. The third-order valence-corrected chi connectivity index (χ3v) is 3.58. The summed E-state index contributed by atoms with van der Waals surface area (Å²) in [5.74, 6) is -0.421. The van der Waals surface area contributed by atoms with Gasteiger partial charge in [0.1, 0.15) is 5.03 Å². The highest BCUT2D eigenvalue weighted by Gasteiger charge is 2.20. The first-order valence-corrected chi connectivity index (χ1v) is 6.77. The van der Waals surface area contributed by atoms with Crippen molar-refractivity contribution in [2.45, 2.75) is 9.92 Å². The lowest BCUT2D eigenvalue weighted by molar-refractivity contribution is -0.385. The number of nitrogens with zero attached hydrogens (tertiary/aromatic N) is 3. The predicted octanol–water partition coefficient (Wildman–Crippen LogP) is 2.89. The number of halogens is 1. The van der Waals surface area contributed by atoms with Crippen molar-refractivity contribution in [2.75, 3.05) is 0 Å². The summed E-state index contributed by atoms with van der Waals surface area (Å²) in [6, 6.07) is 9.81. The molecule has 2 rings (SSSR count). The van der Waals surface area contributed by atoms with Crippen LogP contribution in [0.15, 0.2) is 51.5 Å². The topological polar surface area (TPSA) is 115 Å². The average Bonchev–Trinajstić information content (AvgIpc) is 2.46. The Balaban J connectivity index is 2.40. The molecule has 0 aliphatic rings. The SMILES string of the molecule is N/C(=N/O)c1nc(Sc2cccc(Cl)c2)ccc1[N+](=O)[O-]. The van der Waals surface area contributed by atoms with Crippen LogP contribution in [0.4, 0.5) is 5.69 Å². The second kappa shape index (κ2) is 6.42. The molecule has 0 bridgehead atoms. The summed E-state index contributed by atoms with van der Waals surface area (Å²) >= 11 is 7.14. The van der Waals surface area contributed by atoms with E-state index in [1.165, 1.54) is 23.9 Å². The Morgan fingerprint density at radius 1 is 1.43 bits per heavy atom. The molecule has 1 aromatic heterocycles. The van der Waals surface area contributed by atoms with Crippen LogP contribution in [0.1, 0.15) is 5.69 Å². The summed E-state index contributed by atoms with van der Waals surface area (Å²) in [4.78, 5) is 15.1. The molecule has 0 aliphatic carbocycles. The Kier molecular flexibility index (Phi) is 4.61. The van der Waals surface area contributed by atoms with Crippen LogP contribution >= 0.6 is 23.4 Å². The lowest BCUT2D eigenvalue weighted by Crippen LogP contribution is -2.17. The van der Waals surface area contributed by atoms with Crippen molar-refractivity contribution in [1.29, 1.82) is 0 Å². The standard InChI is InChI=1S/C12H9ClN4O3S/c13-7-2-1-3-8(6-7)21-10-5-4-9(17(19)20)11(15-10)12(14)16-18/h1-6,18H,(H2,14,16). The number of pyridine rings is 1. The number of hydrogen-bond acceptors (Lipinski definition) is 6. The molecule has 3 N–H and O–H groups in total. The van der Waals surface area contributed by atoms with Gasteiger partial charge in [0.05, 0.1) is 4.92 Å². The van der Waals surface area contributed by atoms with Crippen molar-refractivity contribution in [1.82, 2.24) is 4.98 Å². The molecule has 0 saturated carbocycles. The van der Waals surface area contributed by atoms with Crippen molar-refractivity contribution in [3.05, 3.63) is 57.2 Å². The fraction of sp³-hybridized carbons (Fsp3) is 0. The summed E-state index contributed by atoms with van der Waals surface area (Å²) < 4.78 is 0. The van der Waals surface area contributed by atoms with E-state index in [2.05, 4.69) is 10.1 Å². The van der Waals surface area contributed by atoms with E-state index in [1.54, 1.807) is 18.2 Å². The van der Waals surface area contributed by atoms with Crippen LogP contribution in [-0.2, 0) is 0 Å². The second-order valence-electron chi connectivity index (χ2n) is 3.82. The third kappa shape index (κ3) is 3.61. The van der Waals surface area contributed by atoms with E-state index in [4.69, 9.17) is 22.5 Å². The van der Waals surface area contributed by atoms with Crippen LogP contribution in [0.5, 0.6) is 0 Å². The molecule has 0 unspecified atom stereocenters. The molecular weight excluding hydrogens is 316 g/mol. The van der Waals surface area contributed by atoms with E-state index in [9.17, 15) is 10.1 Å². The molecule has 0 fully saturated rings. The summed E-state index contributed by atoms with van der Waals surface area (Å²) in [5, 5.41) is 23.4. The molecule has 0 atom stereocenters. The largest absolute Gasteiger partial charge is 0.409 e. The van der Waals surface area contributed by atoms with Gasteiger partial charge in [0.25, 0.3) is 5.69 Å². The van der Waals surface area contributed by atoms with Crippen LogP contribution in [0, 0.1) is 10.1 Å². The molecule has 9 heteroatoms. The van der Waals surface area contributed by atoms with Gasteiger partial charge in [-0.05, 0) is 24.3 Å². The summed E-state index contributed by atoms with van der Waals surface area (Å²) in [6.07, 6.45) is 0.